The summed E-state index contributed by atoms with van der Waals surface area (Å²) in [7, 11) is -3.32. The normalized spacial score (nSPS) is 24.4. The highest BCUT2D eigenvalue weighted by Crippen LogP contribution is 2.39. The van der Waals surface area contributed by atoms with Gasteiger partial charge in [-0.05, 0) is 49.3 Å². The number of nitrogens with zero attached hydrogens (tertiary/aromatic N) is 3. The molecule has 2 unspecified atom stereocenters. The van der Waals surface area contributed by atoms with Gasteiger partial charge < -0.3 is 11.1 Å². The number of nitrogens with two attached hydrogens (primary N) is 1. The van der Waals surface area contributed by atoms with Crippen molar-refractivity contribution >= 4 is 15.9 Å². The minimum Gasteiger partial charge on any atom is -0.346 e. The molecule has 138 valence electrons. The summed E-state index contributed by atoms with van der Waals surface area (Å²) in [5, 5.41) is 10.8. The van der Waals surface area contributed by atoms with Crippen molar-refractivity contribution in [3.63, 3.8) is 0 Å². The van der Waals surface area contributed by atoms with Gasteiger partial charge in [-0.25, -0.2) is 8.42 Å². The Morgan fingerprint density at radius 3 is 2.84 bits per heavy atom. The van der Waals surface area contributed by atoms with E-state index >= 15 is 0 Å². The average Bonchev–Trinajstić information content (AvgIpc) is 3.38. The second kappa shape index (κ2) is 7.35. The number of carbonyl (C=O) groups excluding carboxylic acids is 1. The van der Waals surface area contributed by atoms with Crippen molar-refractivity contribution in [1.29, 1.82) is 0 Å². The van der Waals surface area contributed by atoms with Crippen LogP contribution in [0.25, 0.3) is 0 Å². The van der Waals surface area contributed by atoms with Gasteiger partial charge in [0.25, 0.3) is 5.91 Å². The zero-order valence-electron chi connectivity index (χ0n) is 14.4. The molecule has 2 aliphatic rings. The lowest BCUT2D eigenvalue weighted by Gasteiger charge is -2.17. The topological polar surface area (TPSA) is 118 Å². The number of amides is 1. The molecule has 0 spiro atoms. The minimum absolute atomic E-state index is 0.0381. The van der Waals surface area contributed by atoms with Gasteiger partial charge in [-0.15, -0.1) is 5.10 Å². The fraction of sp³-hybridized carbons (Fsp3) is 0.688. The molecule has 0 bridgehead atoms. The van der Waals surface area contributed by atoms with Crippen LogP contribution in [0.5, 0.6) is 0 Å². The Morgan fingerprint density at radius 1 is 1.40 bits per heavy atom. The van der Waals surface area contributed by atoms with Crippen LogP contribution in [0.15, 0.2) is 12.3 Å². The van der Waals surface area contributed by atoms with E-state index in [9.17, 15) is 13.2 Å². The van der Waals surface area contributed by atoms with Crippen molar-refractivity contribution in [2.24, 2.45) is 11.7 Å². The Labute approximate surface area is 148 Å². The Balaban J connectivity index is 1.62. The first-order valence-corrected chi connectivity index (χ1v) is 10.3. The monoisotopic (exact) mass is 367 g/mol. The van der Waals surface area contributed by atoms with Crippen LogP contribution in [0.3, 0.4) is 0 Å². The summed E-state index contributed by atoms with van der Waals surface area (Å²) in [6.07, 6.45) is 4.40. The third-order valence-electron chi connectivity index (χ3n) is 4.85. The summed E-state index contributed by atoms with van der Waals surface area (Å²) in [5.41, 5.74) is 6.74. The van der Waals surface area contributed by atoms with Crippen molar-refractivity contribution in [3.8, 4) is 0 Å². The minimum atomic E-state index is -3.32. The predicted octanol–water partition coefficient (Wildman–Crippen LogP) is 0.0827. The SMILES string of the molecule is CC1CN(S(=O)(=O)CCCN)CC1NC(=O)c1cc(C2CC2)cnn1. The lowest BCUT2D eigenvalue weighted by molar-refractivity contribution is 0.0926. The first kappa shape index (κ1) is 18.2. The van der Waals surface area contributed by atoms with E-state index in [2.05, 4.69) is 15.5 Å². The molecule has 3 rings (SSSR count). The first-order valence-electron chi connectivity index (χ1n) is 8.72. The Kier molecular flexibility index (Phi) is 5.35. The molecule has 1 aromatic heterocycles. The summed E-state index contributed by atoms with van der Waals surface area (Å²) in [6.45, 7) is 2.98. The van der Waals surface area contributed by atoms with Gasteiger partial charge in [0.1, 0.15) is 0 Å². The molecule has 25 heavy (non-hydrogen) atoms. The van der Waals surface area contributed by atoms with E-state index in [1.807, 2.05) is 6.92 Å². The zero-order chi connectivity index (χ0) is 18.0. The van der Waals surface area contributed by atoms with E-state index in [4.69, 9.17) is 5.73 Å². The van der Waals surface area contributed by atoms with Gasteiger partial charge in [0.2, 0.25) is 10.0 Å². The predicted molar refractivity (Wildman–Crippen MR) is 93.5 cm³/mol. The molecule has 1 aliphatic carbocycles. The third-order valence-corrected chi connectivity index (χ3v) is 6.74. The molecule has 2 heterocycles. The average molecular weight is 367 g/mol. The maximum Gasteiger partial charge on any atom is 0.272 e. The molecule has 9 heteroatoms. The smallest absolute Gasteiger partial charge is 0.272 e. The fourth-order valence-corrected chi connectivity index (χ4v) is 4.75. The maximum absolute atomic E-state index is 12.5. The molecule has 2 atom stereocenters. The Hall–Kier alpha value is -1.58. The zero-order valence-corrected chi connectivity index (χ0v) is 15.2. The number of rotatable bonds is 7. The standard InChI is InChI=1S/C16H25N5O3S/c1-11-9-21(25(23,24)6-2-5-17)10-15(11)19-16(22)14-7-13(8-18-20-14)12-3-4-12/h7-8,11-12,15H,2-6,9-10,17H2,1H3,(H,19,22). The van der Waals surface area contributed by atoms with E-state index in [0.29, 0.717) is 31.1 Å². The van der Waals surface area contributed by atoms with Crippen LogP contribution < -0.4 is 11.1 Å². The number of hydrogen-bond acceptors (Lipinski definition) is 6. The Morgan fingerprint density at radius 2 is 2.16 bits per heavy atom. The number of aromatic nitrogens is 2. The molecule has 1 saturated heterocycles. The van der Waals surface area contributed by atoms with Gasteiger partial charge in [0.05, 0.1) is 11.9 Å². The second-order valence-corrected chi connectivity index (χ2v) is 9.07. The highest BCUT2D eigenvalue weighted by molar-refractivity contribution is 7.89. The molecule has 0 radical (unpaired) electrons. The van der Waals surface area contributed by atoms with Gasteiger partial charge in [-0.1, -0.05) is 6.92 Å². The van der Waals surface area contributed by atoms with Gasteiger partial charge in [-0.2, -0.15) is 9.40 Å². The van der Waals surface area contributed by atoms with E-state index in [1.54, 1.807) is 12.3 Å². The Bertz CT molecular complexity index is 735. The number of hydrogen-bond donors (Lipinski definition) is 2. The van der Waals surface area contributed by atoms with Crippen LogP contribution in [0.1, 0.15) is 48.2 Å². The molecule has 8 nitrogen and oxygen atoms in total. The summed E-state index contributed by atoms with van der Waals surface area (Å²) >= 11 is 0. The lowest BCUT2D eigenvalue weighted by Crippen LogP contribution is -2.41. The fourth-order valence-electron chi connectivity index (χ4n) is 3.11. The molecule has 2 fully saturated rings. The van der Waals surface area contributed by atoms with Crippen LogP contribution in [0, 0.1) is 5.92 Å². The van der Waals surface area contributed by atoms with Crippen LogP contribution in [0.2, 0.25) is 0 Å². The van der Waals surface area contributed by atoms with Crippen LogP contribution in [0.4, 0.5) is 0 Å². The molecule has 1 aliphatic heterocycles. The molecule has 3 N–H and O–H groups in total. The summed E-state index contributed by atoms with van der Waals surface area (Å²) in [6, 6.07) is 1.56. The van der Waals surface area contributed by atoms with Gasteiger partial charge in [0.15, 0.2) is 5.69 Å². The third kappa shape index (κ3) is 4.34. The number of carbonyl (C=O) groups is 1. The highest BCUT2D eigenvalue weighted by Gasteiger charge is 2.37. The van der Waals surface area contributed by atoms with Crippen molar-refractivity contribution in [1.82, 2.24) is 19.8 Å². The molecule has 1 saturated carbocycles. The van der Waals surface area contributed by atoms with E-state index in [1.165, 1.54) is 4.31 Å². The van der Waals surface area contributed by atoms with Crippen molar-refractivity contribution in [3.05, 3.63) is 23.5 Å². The van der Waals surface area contributed by atoms with Crippen LogP contribution >= 0.6 is 0 Å². The van der Waals surface area contributed by atoms with Crippen molar-refractivity contribution in [2.45, 2.75) is 38.1 Å². The van der Waals surface area contributed by atoms with E-state index < -0.39 is 10.0 Å². The van der Waals surface area contributed by atoms with Crippen molar-refractivity contribution < 1.29 is 13.2 Å². The largest absolute Gasteiger partial charge is 0.346 e. The van der Waals surface area contributed by atoms with Gasteiger partial charge in [-0.3, -0.25) is 4.79 Å². The summed E-state index contributed by atoms with van der Waals surface area (Å²) in [5.74, 6) is 0.283. The van der Waals surface area contributed by atoms with Crippen molar-refractivity contribution in [2.75, 3.05) is 25.4 Å². The first-order chi connectivity index (χ1) is 11.9. The van der Waals surface area contributed by atoms with E-state index in [0.717, 1.165) is 18.4 Å². The summed E-state index contributed by atoms with van der Waals surface area (Å²) < 4.78 is 26.0. The molecular weight excluding hydrogens is 342 g/mol. The lowest BCUT2D eigenvalue weighted by atomic mass is 10.1. The summed E-state index contributed by atoms with van der Waals surface area (Å²) in [4.78, 5) is 12.5. The molecule has 1 amide bonds. The second-order valence-electron chi connectivity index (χ2n) is 6.98. The molecule has 1 aromatic rings. The van der Waals surface area contributed by atoms with Crippen LogP contribution in [-0.4, -0.2) is 60.3 Å². The highest BCUT2D eigenvalue weighted by atomic mass is 32.2. The van der Waals surface area contributed by atoms with Gasteiger partial charge in [0, 0.05) is 19.1 Å². The quantitative estimate of drug-likeness (QED) is 0.705. The van der Waals surface area contributed by atoms with Gasteiger partial charge >= 0.3 is 0 Å². The number of nitrogens with one attached hydrogen (secondary N) is 1. The number of sulfonamides is 1. The van der Waals surface area contributed by atoms with Crippen LogP contribution in [-0.2, 0) is 10.0 Å². The maximum atomic E-state index is 12.5. The van der Waals surface area contributed by atoms with E-state index in [-0.39, 0.29) is 30.2 Å². The molecule has 0 aromatic carbocycles. The molecular formula is C16H25N5O3S.